The van der Waals surface area contributed by atoms with E-state index in [0.29, 0.717) is 24.1 Å². The molecule has 0 atom stereocenters. The minimum atomic E-state index is -0.820. The highest BCUT2D eigenvalue weighted by Crippen LogP contribution is 2.35. The summed E-state index contributed by atoms with van der Waals surface area (Å²) in [5.74, 6) is 1.20. The zero-order valence-corrected chi connectivity index (χ0v) is 18.5. The number of nitrogen functional groups attached to an aromatic ring is 1. The van der Waals surface area contributed by atoms with Gasteiger partial charge in [0.2, 0.25) is 0 Å². The van der Waals surface area contributed by atoms with Gasteiger partial charge in [-0.05, 0) is 41.8 Å². The van der Waals surface area contributed by atoms with Crippen molar-refractivity contribution < 1.29 is 14.7 Å². The number of aryl methyl sites for hydroxylation is 1. The van der Waals surface area contributed by atoms with E-state index in [4.69, 9.17) is 16.2 Å². The van der Waals surface area contributed by atoms with Crippen molar-refractivity contribution in [2.24, 2.45) is 5.73 Å². The molecule has 2 aliphatic heterocycles. The summed E-state index contributed by atoms with van der Waals surface area (Å²) < 4.78 is 0. The van der Waals surface area contributed by atoms with Crippen molar-refractivity contribution >= 4 is 40.7 Å². The van der Waals surface area contributed by atoms with Crippen LogP contribution in [0, 0.1) is 5.41 Å². The van der Waals surface area contributed by atoms with Crippen molar-refractivity contribution in [3.63, 3.8) is 0 Å². The molecule has 7 nitrogen and oxygen atoms in total. The van der Waals surface area contributed by atoms with Crippen LogP contribution in [-0.4, -0.2) is 58.9 Å². The third kappa shape index (κ3) is 4.65. The van der Waals surface area contributed by atoms with Crippen LogP contribution in [0.25, 0.3) is 5.57 Å². The van der Waals surface area contributed by atoms with Crippen LogP contribution in [-0.2, 0) is 16.0 Å². The summed E-state index contributed by atoms with van der Waals surface area (Å²) in [6, 6.07) is 14.8. The molecule has 1 saturated heterocycles. The quantitative estimate of drug-likeness (QED) is 0.442. The molecule has 0 aromatic heterocycles. The number of amidine groups is 1. The van der Waals surface area contributed by atoms with Gasteiger partial charge in [0.25, 0.3) is 5.91 Å². The number of hydrogen-bond acceptors (Lipinski definition) is 5. The second-order valence-electron chi connectivity index (χ2n) is 7.86. The highest BCUT2D eigenvalue weighted by molar-refractivity contribution is 7.99. The maximum absolute atomic E-state index is 13.6. The number of anilines is 1. The Morgan fingerprint density at radius 3 is 2.31 bits per heavy atom. The van der Waals surface area contributed by atoms with E-state index < -0.39 is 5.97 Å². The van der Waals surface area contributed by atoms with Gasteiger partial charge in [0.05, 0.1) is 12.1 Å². The highest BCUT2D eigenvalue weighted by Gasteiger charge is 2.35. The van der Waals surface area contributed by atoms with E-state index in [9.17, 15) is 9.59 Å². The van der Waals surface area contributed by atoms with Crippen LogP contribution in [0.1, 0.15) is 23.1 Å². The van der Waals surface area contributed by atoms with Crippen LogP contribution in [0.3, 0.4) is 0 Å². The van der Waals surface area contributed by atoms with Crippen molar-refractivity contribution in [2.45, 2.75) is 12.8 Å². The molecule has 0 bridgehead atoms. The number of carboxylic acids is 1. The fraction of sp³-hybridized carbons (Fsp3) is 0.292. The van der Waals surface area contributed by atoms with E-state index in [0.717, 1.165) is 47.1 Å². The molecule has 1 amide bonds. The molecule has 0 spiro atoms. The molecule has 0 saturated carbocycles. The lowest BCUT2D eigenvalue weighted by Crippen LogP contribution is -2.34. The van der Waals surface area contributed by atoms with E-state index in [1.54, 1.807) is 17.0 Å². The summed E-state index contributed by atoms with van der Waals surface area (Å²) in [5.41, 5.74) is 10.5. The zero-order chi connectivity index (χ0) is 22.7. The third-order valence-corrected chi connectivity index (χ3v) is 6.75. The van der Waals surface area contributed by atoms with Crippen LogP contribution in [0.5, 0.6) is 0 Å². The first kappa shape index (κ1) is 22.0. The summed E-state index contributed by atoms with van der Waals surface area (Å²) in [7, 11) is 0. The molecule has 0 radical (unpaired) electrons. The van der Waals surface area contributed by atoms with Crippen LogP contribution >= 0.6 is 11.8 Å². The molecule has 2 aromatic rings. The van der Waals surface area contributed by atoms with Crippen LogP contribution in [0.2, 0.25) is 0 Å². The Bertz CT molecular complexity index is 1060. The van der Waals surface area contributed by atoms with E-state index in [-0.39, 0.29) is 18.2 Å². The van der Waals surface area contributed by atoms with E-state index in [1.807, 2.05) is 48.2 Å². The zero-order valence-electron chi connectivity index (χ0n) is 17.7. The number of nitrogens with zero attached hydrogens (tertiary/aromatic N) is 2. The Labute approximate surface area is 191 Å². The minimum absolute atomic E-state index is 0.00222. The predicted octanol–water partition coefficient (Wildman–Crippen LogP) is 2.79. The summed E-state index contributed by atoms with van der Waals surface area (Å²) in [6.45, 7) is 2.31. The molecule has 4 N–H and O–H groups in total. The predicted molar refractivity (Wildman–Crippen MR) is 128 cm³/mol. The van der Waals surface area contributed by atoms with Gasteiger partial charge in [-0.3, -0.25) is 15.0 Å². The largest absolute Gasteiger partial charge is 0.481 e. The number of rotatable bonds is 7. The summed E-state index contributed by atoms with van der Waals surface area (Å²) in [5, 5.41) is 16.5. The maximum Gasteiger partial charge on any atom is 0.303 e. The maximum atomic E-state index is 13.6. The molecule has 2 aliphatic rings. The third-order valence-electron chi connectivity index (χ3n) is 5.81. The molecule has 2 aromatic carbocycles. The van der Waals surface area contributed by atoms with Gasteiger partial charge in [0.1, 0.15) is 5.84 Å². The van der Waals surface area contributed by atoms with Gasteiger partial charge in [0, 0.05) is 48.0 Å². The summed E-state index contributed by atoms with van der Waals surface area (Å²) in [4.78, 5) is 28.5. The number of carbonyl (C=O) groups excluding carboxylic acids is 1. The van der Waals surface area contributed by atoms with Crippen LogP contribution in [0.4, 0.5) is 5.69 Å². The molecule has 0 aliphatic carbocycles. The molecule has 166 valence electrons. The highest BCUT2D eigenvalue weighted by atomic mass is 32.2. The van der Waals surface area contributed by atoms with E-state index >= 15 is 0 Å². The molecular formula is C24H26N4O3S. The van der Waals surface area contributed by atoms with Crippen LogP contribution < -0.4 is 10.6 Å². The lowest BCUT2D eigenvalue weighted by atomic mass is 10.0. The lowest BCUT2D eigenvalue weighted by molar-refractivity contribution is -0.137. The molecular weight excluding hydrogens is 424 g/mol. The lowest BCUT2D eigenvalue weighted by Gasteiger charge is -2.30. The summed E-state index contributed by atoms with van der Waals surface area (Å²) in [6.07, 6.45) is 0.551. The Morgan fingerprint density at radius 2 is 1.72 bits per heavy atom. The van der Waals surface area contributed by atoms with Crippen molar-refractivity contribution in [3.05, 3.63) is 70.9 Å². The second kappa shape index (κ2) is 9.48. The first-order valence-corrected chi connectivity index (χ1v) is 11.7. The Kier molecular flexibility index (Phi) is 6.50. The molecule has 2 heterocycles. The number of carbonyl (C=O) groups is 2. The SMILES string of the molecule is N=C(N)c1ccc(N2CC(N3CCSCC3)=C(c3ccc(CCC(=O)O)cc3)C2=O)cc1. The Balaban J connectivity index is 1.65. The Morgan fingerprint density at radius 1 is 1.06 bits per heavy atom. The van der Waals surface area contributed by atoms with Gasteiger partial charge < -0.3 is 20.6 Å². The van der Waals surface area contributed by atoms with Gasteiger partial charge in [-0.15, -0.1) is 0 Å². The first-order chi connectivity index (χ1) is 15.4. The van der Waals surface area contributed by atoms with Crippen molar-refractivity contribution in [1.82, 2.24) is 4.90 Å². The molecule has 0 unspecified atom stereocenters. The van der Waals surface area contributed by atoms with Gasteiger partial charge in [0.15, 0.2) is 0 Å². The monoisotopic (exact) mass is 450 g/mol. The molecule has 4 rings (SSSR count). The second-order valence-corrected chi connectivity index (χ2v) is 9.09. The van der Waals surface area contributed by atoms with Crippen LogP contribution in [0.15, 0.2) is 54.2 Å². The number of aliphatic carboxylic acids is 1. The van der Waals surface area contributed by atoms with Gasteiger partial charge in [-0.25, -0.2) is 0 Å². The van der Waals surface area contributed by atoms with Crippen molar-refractivity contribution in [3.8, 4) is 0 Å². The fourth-order valence-electron chi connectivity index (χ4n) is 4.06. The van der Waals surface area contributed by atoms with Gasteiger partial charge >= 0.3 is 5.97 Å². The van der Waals surface area contributed by atoms with E-state index in [2.05, 4.69) is 4.90 Å². The fourth-order valence-corrected chi connectivity index (χ4v) is 4.96. The van der Waals surface area contributed by atoms with Gasteiger partial charge in [-0.1, -0.05) is 24.3 Å². The Hall–Kier alpha value is -3.26. The number of amides is 1. The van der Waals surface area contributed by atoms with Crippen molar-refractivity contribution in [2.75, 3.05) is 36.0 Å². The van der Waals surface area contributed by atoms with Gasteiger partial charge in [-0.2, -0.15) is 11.8 Å². The number of nitrogens with two attached hydrogens (primary N) is 1. The number of nitrogens with one attached hydrogen (secondary N) is 1. The molecule has 8 heteroatoms. The molecule has 32 heavy (non-hydrogen) atoms. The summed E-state index contributed by atoms with van der Waals surface area (Å²) >= 11 is 1.92. The molecule has 1 fully saturated rings. The van der Waals surface area contributed by atoms with Crippen molar-refractivity contribution in [1.29, 1.82) is 5.41 Å². The standard InChI is InChI=1S/C24H26N4O3S/c25-23(26)18-6-8-19(9-7-18)28-15-20(27-11-13-32-14-12-27)22(24(28)31)17-4-1-16(2-5-17)3-10-21(29)30/h1-2,4-9H,3,10-15H2,(H3,25,26)(H,29,30). The smallest absolute Gasteiger partial charge is 0.303 e. The average Bonchev–Trinajstić information content (AvgIpc) is 3.15. The average molecular weight is 451 g/mol. The number of thioether (sulfide) groups is 1. The normalized spacial score (nSPS) is 16.6. The van der Waals surface area contributed by atoms with E-state index in [1.165, 1.54) is 0 Å². The minimum Gasteiger partial charge on any atom is -0.481 e. The number of benzene rings is 2. The number of hydrogen-bond donors (Lipinski definition) is 3. The number of carboxylic acid groups (broad SMARTS) is 1. The first-order valence-electron chi connectivity index (χ1n) is 10.6. The topological polar surface area (TPSA) is 111 Å².